The maximum Gasteiger partial charge on any atom is 0.325 e. The molecular weight excluding hydrogens is 252 g/mol. The lowest BCUT2D eigenvalue weighted by molar-refractivity contribution is -0.148. The van der Waals surface area contributed by atoms with Crippen molar-refractivity contribution in [1.29, 1.82) is 0 Å². The molecule has 4 nitrogen and oxygen atoms in total. The normalized spacial score (nSPS) is 20.1. The molecule has 1 atom stereocenters. The molecule has 0 aromatic rings. The van der Waals surface area contributed by atoms with E-state index in [9.17, 15) is 4.79 Å². The summed E-state index contributed by atoms with van der Waals surface area (Å²) in [5.74, 6) is -0.164. The van der Waals surface area contributed by atoms with Gasteiger partial charge >= 0.3 is 5.97 Å². The smallest absolute Gasteiger partial charge is 0.325 e. The molecule has 0 amide bonds. The highest BCUT2D eigenvalue weighted by molar-refractivity contribution is 5.80. The molecule has 0 saturated heterocycles. The van der Waals surface area contributed by atoms with Crippen LogP contribution in [0.25, 0.3) is 0 Å². The number of esters is 1. The molecule has 0 bridgehead atoms. The summed E-state index contributed by atoms with van der Waals surface area (Å²) >= 11 is 0. The van der Waals surface area contributed by atoms with Crippen molar-refractivity contribution < 1.29 is 9.53 Å². The minimum absolute atomic E-state index is 0.164. The molecule has 1 rings (SSSR count). The molecule has 0 aromatic heterocycles. The molecule has 0 aliphatic heterocycles. The van der Waals surface area contributed by atoms with Crippen LogP contribution in [0.1, 0.15) is 59.3 Å². The Morgan fingerprint density at radius 1 is 1.35 bits per heavy atom. The lowest BCUT2D eigenvalue weighted by Gasteiger charge is -2.35. The van der Waals surface area contributed by atoms with Crippen LogP contribution in [-0.4, -0.2) is 49.2 Å². The maximum atomic E-state index is 12.1. The molecule has 0 radical (unpaired) electrons. The quantitative estimate of drug-likeness (QED) is 0.730. The van der Waals surface area contributed by atoms with E-state index < -0.39 is 5.54 Å². The first kappa shape index (κ1) is 17.4. The van der Waals surface area contributed by atoms with Gasteiger partial charge in [-0.3, -0.25) is 10.1 Å². The average Bonchev–Trinajstić information content (AvgIpc) is 2.44. The summed E-state index contributed by atoms with van der Waals surface area (Å²) in [7, 11) is 3.65. The molecule has 0 heterocycles. The van der Waals surface area contributed by atoms with E-state index in [2.05, 4.69) is 31.1 Å². The molecule has 1 saturated carbocycles. The first-order chi connectivity index (χ1) is 9.39. The zero-order valence-electron chi connectivity index (χ0n) is 13.9. The minimum Gasteiger partial charge on any atom is -0.468 e. The lowest BCUT2D eigenvalue weighted by atomic mass is 9.92. The van der Waals surface area contributed by atoms with Gasteiger partial charge in [0, 0.05) is 18.6 Å². The fourth-order valence-corrected chi connectivity index (χ4v) is 3.20. The number of hydrogen-bond donors (Lipinski definition) is 1. The Hall–Kier alpha value is -0.610. The second-order valence-electron chi connectivity index (χ2n) is 6.65. The molecule has 1 aliphatic rings. The second-order valence-corrected chi connectivity index (χ2v) is 6.65. The van der Waals surface area contributed by atoms with Crippen molar-refractivity contribution in [3.8, 4) is 0 Å². The number of nitrogens with one attached hydrogen (secondary N) is 1. The average molecular weight is 284 g/mol. The highest BCUT2D eigenvalue weighted by Gasteiger charge is 2.35. The Kier molecular flexibility index (Phi) is 6.96. The SMILES string of the molecule is COC(=O)C(C)(CCN(C)C1CCCCC1)NC(C)C. The van der Waals surface area contributed by atoms with E-state index in [1.165, 1.54) is 39.2 Å². The first-order valence-electron chi connectivity index (χ1n) is 7.95. The number of ether oxygens (including phenoxy) is 1. The summed E-state index contributed by atoms with van der Waals surface area (Å²) in [6.45, 7) is 7.00. The molecule has 1 aliphatic carbocycles. The van der Waals surface area contributed by atoms with Gasteiger partial charge in [-0.1, -0.05) is 19.3 Å². The number of hydrogen-bond acceptors (Lipinski definition) is 4. The van der Waals surface area contributed by atoms with Crippen molar-refractivity contribution >= 4 is 5.97 Å². The fraction of sp³-hybridized carbons (Fsp3) is 0.938. The monoisotopic (exact) mass is 284 g/mol. The molecule has 118 valence electrons. The summed E-state index contributed by atoms with van der Waals surface area (Å²) in [5.41, 5.74) is -0.591. The van der Waals surface area contributed by atoms with Gasteiger partial charge in [0.1, 0.15) is 5.54 Å². The zero-order valence-corrected chi connectivity index (χ0v) is 13.9. The van der Waals surface area contributed by atoms with Crippen molar-refractivity contribution in [2.75, 3.05) is 20.7 Å². The highest BCUT2D eigenvalue weighted by Crippen LogP contribution is 2.23. The van der Waals surface area contributed by atoms with Crippen LogP contribution in [0.2, 0.25) is 0 Å². The standard InChI is InChI=1S/C16H32N2O2/c1-13(2)17-16(3,15(19)20-5)11-12-18(4)14-9-7-6-8-10-14/h13-14,17H,6-12H2,1-5H3. The van der Waals surface area contributed by atoms with Gasteiger partial charge in [-0.15, -0.1) is 0 Å². The Morgan fingerprint density at radius 3 is 2.45 bits per heavy atom. The van der Waals surface area contributed by atoms with E-state index in [0.717, 1.165) is 13.0 Å². The van der Waals surface area contributed by atoms with Crippen molar-refractivity contribution in [2.45, 2.75) is 76.9 Å². The van der Waals surface area contributed by atoms with Crippen LogP contribution in [0.15, 0.2) is 0 Å². The Balaban J connectivity index is 2.54. The van der Waals surface area contributed by atoms with Crippen LogP contribution in [0.5, 0.6) is 0 Å². The van der Waals surface area contributed by atoms with Gasteiger partial charge in [0.05, 0.1) is 7.11 Å². The van der Waals surface area contributed by atoms with Crippen LogP contribution in [0.3, 0.4) is 0 Å². The Bertz CT molecular complexity index is 301. The lowest BCUT2D eigenvalue weighted by Crippen LogP contribution is -2.54. The molecule has 1 unspecified atom stereocenters. The van der Waals surface area contributed by atoms with Crippen molar-refractivity contribution in [2.24, 2.45) is 0 Å². The van der Waals surface area contributed by atoms with Gasteiger partial charge in [-0.2, -0.15) is 0 Å². The van der Waals surface area contributed by atoms with E-state index in [1.54, 1.807) is 0 Å². The van der Waals surface area contributed by atoms with Crippen LogP contribution in [-0.2, 0) is 9.53 Å². The molecule has 20 heavy (non-hydrogen) atoms. The number of rotatable bonds is 7. The third-order valence-corrected chi connectivity index (χ3v) is 4.41. The summed E-state index contributed by atoms with van der Waals surface area (Å²) in [6, 6.07) is 0.948. The highest BCUT2D eigenvalue weighted by atomic mass is 16.5. The molecular formula is C16H32N2O2. The third-order valence-electron chi connectivity index (χ3n) is 4.41. The Labute approximate surface area is 124 Å². The number of methoxy groups -OCH3 is 1. The molecule has 0 aromatic carbocycles. The summed E-state index contributed by atoms with van der Waals surface area (Å²) in [4.78, 5) is 14.5. The second kappa shape index (κ2) is 7.99. The predicted octanol–water partition coefficient (Wildman–Crippen LogP) is 2.57. The number of nitrogens with zero attached hydrogens (tertiary/aromatic N) is 1. The van der Waals surface area contributed by atoms with Crippen molar-refractivity contribution in [1.82, 2.24) is 10.2 Å². The van der Waals surface area contributed by atoms with Gasteiger partial charge in [0.15, 0.2) is 0 Å². The van der Waals surface area contributed by atoms with Crippen molar-refractivity contribution in [3.05, 3.63) is 0 Å². The number of carbonyl (C=O) groups excluding carboxylic acids is 1. The first-order valence-corrected chi connectivity index (χ1v) is 7.95. The zero-order chi connectivity index (χ0) is 15.2. The van der Waals surface area contributed by atoms with Crippen LogP contribution >= 0.6 is 0 Å². The van der Waals surface area contributed by atoms with Crippen molar-refractivity contribution in [3.63, 3.8) is 0 Å². The van der Waals surface area contributed by atoms with Crippen LogP contribution in [0, 0.1) is 0 Å². The van der Waals surface area contributed by atoms with Gasteiger partial charge < -0.3 is 9.64 Å². The van der Waals surface area contributed by atoms with Gasteiger partial charge in [-0.25, -0.2) is 0 Å². The predicted molar refractivity (Wildman–Crippen MR) is 82.8 cm³/mol. The van der Waals surface area contributed by atoms with Gasteiger partial charge in [0.25, 0.3) is 0 Å². The summed E-state index contributed by atoms with van der Waals surface area (Å²) in [5, 5.41) is 3.36. The van der Waals surface area contributed by atoms with Gasteiger partial charge in [-0.05, 0) is 47.1 Å². The van der Waals surface area contributed by atoms with Gasteiger partial charge in [0.2, 0.25) is 0 Å². The topological polar surface area (TPSA) is 41.6 Å². The largest absolute Gasteiger partial charge is 0.468 e. The van der Waals surface area contributed by atoms with E-state index in [4.69, 9.17) is 4.74 Å². The molecule has 0 spiro atoms. The molecule has 1 fully saturated rings. The third kappa shape index (κ3) is 5.06. The fourth-order valence-electron chi connectivity index (χ4n) is 3.20. The Morgan fingerprint density at radius 2 is 1.95 bits per heavy atom. The van der Waals surface area contributed by atoms with E-state index in [0.29, 0.717) is 6.04 Å². The molecule has 4 heteroatoms. The molecule has 1 N–H and O–H groups in total. The summed E-state index contributed by atoms with van der Waals surface area (Å²) < 4.78 is 4.97. The minimum atomic E-state index is -0.591. The number of carbonyl (C=O) groups is 1. The summed E-state index contributed by atoms with van der Waals surface area (Å²) in [6.07, 6.45) is 7.43. The van der Waals surface area contributed by atoms with E-state index >= 15 is 0 Å². The maximum absolute atomic E-state index is 12.1. The van der Waals surface area contributed by atoms with E-state index in [-0.39, 0.29) is 12.0 Å². The van der Waals surface area contributed by atoms with Crippen LogP contribution < -0.4 is 5.32 Å². The van der Waals surface area contributed by atoms with E-state index in [1.807, 2.05) is 6.92 Å². The van der Waals surface area contributed by atoms with Crippen LogP contribution in [0.4, 0.5) is 0 Å².